The van der Waals surface area contributed by atoms with E-state index in [1.54, 1.807) is 17.5 Å². The number of aromatic amines is 1. The lowest BCUT2D eigenvalue weighted by molar-refractivity contribution is 0.0941. The van der Waals surface area contributed by atoms with Gasteiger partial charge >= 0.3 is 0 Å². The Bertz CT molecular complexity index is 507. The highest BCUT2D eigenvalue weighted by Gasteiger charge is 2.14. The van der Waals surface area contributed by atoms with Crippen molar-refractivity contribution in [3.8, 4) is 0 Å². The van der Waals surface area contributed by atoms with Crippen molar-refractivity contribution in [2.45, 2.75) is 26.2 Å². The van der Waals surface area contributed by atoms with Gasteiger partial charge in [0.1, 0.15) is 5.82 Å². The number of aryl methyl sites for hydroxylation is 1. The lowest BCUT2D eigenvalue weighted by Crippen LogP contribution is -2.28. The molecule has 0 saturated heterocycles. The Morgan fingerprint density at radius 3 is 3.06 bits per heavy atom. The highest BCUT2D eigenvalue weighted by Crippen LogP contribution is 2.16. The number of rotatable bonds is 5. The molecule has 2 aromatic rings. The SMILES string of the molecule is CCc1nc(C(=O)NCC(C)c2nccs2)n[nH]1. The van der Waals surface area contributed by atoms with E-state index in [-0.39, 0.29) is 17.6 Å². The number of nitrogens with one attached hydrogen (secondary N) is 2. The molecule has 0 bridgehead atoms. The highest BCUT2D eigenvalue weighted by molar-refractivity contribution is 7.09. The molecular formula is C11H15N5OS. The van der Waals surface area contributed by atoms with E-state index in [0.717, 1.165) is 11.4 Å². The van der Waals surface area contributed by atoms with Gasteiger partial charge in [0.2, 0.25) is 5.82 Å². The zero-order chi connectivity index (χ0) is 13.0. The Morgan fingerprint density at radius 1 is 1.61 bits per heavy atom. The van der Waals surface area contributed by atoms with Crippen molar-refractivity contribution in [2.24, 2.45) is 0 Å². The van der Waals surface area contributed by atoms with Gasteiger partial charge in [0, 0.05) is 30.5 Å². The van der Waals surface area contributed by atoms with E-state index in [0.29, 0.717) is 12.4 Å². The monoisotopic (exact) mass is 265 g/mol. The average Bonchev–Trinajstić information content (AvgIpc) is 3.05. The van der Waals surface area contributed by atoms with Crippen molar-refractivity contribution in [3.05, 3.63) is 28.2 Å². The number of carbonyl (C=O) groups excluding carboxylic acids is 1. The quantitative estimate of drug-likeness (QED) is 0.855. The van der Waals surface area contributed by atoms with Crippen molar-refractivity contribution in [1.29, 1.82) is 0 Å². The molecule has 0 aromatic carbocycles. The van der Waals surface area contributed by atoms with Crippen molar-refractivity contribution in [1.82, 2.24) is 25.5 Å². The van der Waals surface area contributed by atoms with Crippen LogP contribution in [0.15, 0.2) is 11.6 Å². The normalized spacial score (nSPS) is 12.3. The summed E-state index contributed by atoms with van der Waals surface area (Å²) in [7, 11) is 0. The lowest BCUT2D eigenvalue weighted by Gasteiger charge is -2.08. The van der Waals surface area contributed by atoms with Crippen LogP contribution in [0.5, 0.6) is 0 Å². The Morgan fingerprint density at radius 2 is 2.44 bits per heavy atom. The molecule has 6 nitrogen and oxygen atoms in total. The molecule has 18 heavy (non-hydrogen) atoms. The first-order chi connectivity index (χ1) is 8.70. The van der Waals surface area contributed by atoms with Gasteiger partial charge < -0.3 is 5.32 Å². The zero-order valence-corrected chi connectivity index (χ0v) is 11.1. The minimum atomic E-state index is -0.255. The second kappa shape index (κ2) is 5.72. The van der Waals surface area contributed by atoms with E-state index in [4.69, 9.17) is 0 Å². The van der Waals surface area contributed by atoms with Gasteiger partial charge in [0.05, 0.1) is 5.01 Å². The molecule has 96 valence electrons. The van der Waals surface area contributed by atoms with E-state index in [1.807, 2.05) is 19.2 Å². The summed E-state index contributed by atoms with van der Waals surface area (Å²) in [5.41, 5.74) is 0. The van der Waals surface area contributed by atoms with E-state index < -0.39 is 0 Å². The molecule has 2 heterocycles. The first-order valence-electron chi connectivity index (χ1n) is 5.79. The maximum Gasteiger partial charge on any atom is 0.290 e. The van der Waals surface area contributed by atoms with E-state index in [2.05, 4.69) is 25.5 Å². The Kier molecular flexibility index (Phi) is 4.03. The first-order valence-corrected chi connectivity index (χ1v) is 6.67. The third-order valence-electron chi connectivity index (χ3n) is 2.51. The number of hydrogen-bond donors (Lipinski definition) is 2. The summed E-state index contributed by atoms with van der Waals surface area (Å²) >= 11 is 1.59. The molecule has 0 aliphatic rings. The third kappa shape index (κ3) is 2.92. The predicted octanol–water partition coefficient (Wildman–Crippen LogP) is 1.36. The van der Waals surface area contributed by atoms with E-state index in [9.17, 15) is 4.79 Å². The molecule has 7 heteroatoms. The fraction of sp³-hybridized carbons (Fsp3) is 0.455. The molecule has 0 spiro atoms. The van der Waals surface area contributed by atoms with Gasteiger partial charge in [-0.15, -0.1) is 16.4 Å². The van der Waals surface area contributed by atoms with Crippen LogP contribution in [0.2, 0.25) is 0 Å². The van der Waals surface area contributed by atoms with Gasteiger partial charge in [0.15, 0.2) is 0 Å². The molecule has 0 aliphatic carbocycles. The van der Waals surface area contributed by atoms with Crippen LogP contribution in [-0.2, 0) is 6.42 Å². The molecule has 0 fully saturated rings. The van der Waals surface area contributed by atoms with Crippen LogP contribution in [0.25, 0.3) is 0 Å². The van der Waals surface area contributed by atoms with Crippen LogP contribution in [-0.4, -0.2) is 32.6 Å². The van der Waals surface area contributed by atoms with Crippen LogP contribution in [0.3, 0.4) is 0 Å². The lowest BCUT2D eigenvalue weighted by atomic mass is 10.2. The summed E-state index contributed by atoms with van der Waals surface area (Å²) in [4.78, 5) is 20.1. The number of nitrogens with zero attached hydrogens (tertiary/aromatic N) is 3. The van der Waals surface area contributed by atoms with Crippen molar-refractivity contribution >= 4 is 17.2 Å². The summed E-state index contributed by atoms with van der Waals surface area (Å²) in [6.07, 6.45) is 2.50. The van der Waals surface area contributed by atoms with Crippen molar-refractivity contribution in [3.63, 3.8) is 0 Å². The molecule has 2 N–H and O–H groups in total. The minimum absolute atomic E-state index is 0.193. The van der Waals surface area contributed by atoms with Crippen LogP contribution in [0.1, 0.15) is 41.2 Å². The molecule has 1 amide bonds. The molecule has 1 unspecified atom stereocenters. The van der Waals surface area contributed by atoms with Gasteiger partial charge in [-0.3, -0.25) is 9.89 Å². The number of aromatic nitrogens is 4. The highest BCUT2D eigenvalue weighted by atomic mass is 32.1. The van der Waals surface area contributed by atoms with Crippen LogP contribution < -0.4 is 5.32 Å². The topological polar surface area (TPSA) is 83.6 Å². The average molecular weight is 265 g/mol. The smallest absolute Gasteiger partial charge is 0.290 e. The van der Waals surface area contributed by atoms with Crippen LogP contribution >= 0.6 is 11.3 Å². The van der Waals surface area contributed by atoms with E-state index >= 15 is 0 Å². The fourth-order valence-electron chi connectivity index (χ4n) is 1.44. The molecule has 0 aliphatic heterocycles. The first kappa shape index (κ1) is 12.7. The number of thiazole rings is 1. The van der Waals surface area contributed by atoms with Gasteiger partial charge in [0.25, 0.3) is 5.91 Å². The molecule has 2 aromatic heterocycles. The second-order valence-corrected chi connectivity index (χ2v) is 4.87. The number of carbonyl (C=O) groups is 1. The van der Waals surface area contributed by atoms with Crippen molar-refractivity contribution in [2.75, 3.05) is 6.54 Å². The molecule has 1 atom stereocenters. The maximum atomic E-state index is 11.8. The number of amides is 1. The van der Waals surface area contributed by atoms with E-state index in [1.165, 1.54) is 0 Å². The maximum absolute atomic E-state index is 11.8. The minimum Gasteiger partial charge on any atom is -0.349 e. The molecular weight excluding hydrogens is 250 g/mol. The summed E-state index contributed by atoms with van der Waals surface area (Å²) in [5, 5.41) is 12.3. The molecule has 2 rings (SSSR count). The van der Waals surface area contributed by atoms with Crippen molar-refractivity contribution < 1.29 is 4.79 Å². The Hall–Kier alpha value is -1.76. The summed E-state index contributed by atoms with van der Waals surface area (Å²) in [5.74, 6) is 0.846. The summed E-state index contributed by atoms with van der Waals surface area (Å²) in [6, 6.07) is 0. The fourth-order valence-corrected chi connectivity index (χ4v) is 2.14. The third-order valence-corrected chi connectivity index (χ3v) is 3.52. The molecule has 0 radical (unpaired) electrons. The Balaban J connectivity index is 1.88. The molecule has 0 saturated carbocycles. The van der Waals surface area contributed by atoms with Gasteiger partial charge in [-0.1, -0.05) is 13.8 Å². The largest absolute Gasteiger partial charge is 0.349 e. The Labute approximate surface area is 109 Å². The van der Waals surface area contributed by atoms with Gasteiger partial charge in [-0.05, 0) is 0 Å². The van der Waals surface area contributed by atoms with Crippen LogP contribution in [0.4, 0.5) is 0 Å². The van der Waals surface area contributed by atoms with Gasteiger partial charge in [-0.2, -0.15) is 0 Å². The predicted molar refractivity (Wildman–Crippen MR) is 68.6 cm³/mol. The summed E-state index contributed by atoms with van der Waals surface area (Å²) in [6.45, 7) is 4.50. The summed E-state index contributed by atoms with van der Waals surface area (Å²) < 4.78 is 0. The number of H-pyrrole nitrogens is 1. The second-order valence-electron chi connectivity index (χ2n) is 3.94. The standard InChI is InChI=1S/C11H15N5OS/c1-3-8-14-9(16-15-8)10(17)13-6-7(2)11-12-4-5-18-11/h4-5,7H,3,6H2,1-2H3,(H,13,17)(H,14,15,16). The number of hydrogen-bond acceptors (Lipinski definition) is 5. The van der Waals surface area contributed by atoms with Gasteiger partial charge in [-0.25, -0.2) is 9.97 Å². The zero-order valence-electron chi connectivity index (χ0n) is 10.3. The van der Waals surface area contributed by atoms with Crippen LogP contribution in [0, 0.1) is 0 Å².